The van der Waals surface area contributed by atoms with Crippen molar-refractivity contribution >= 4 is 11.6 Å². The molecule has 1 amide bonds. The molecule has 0 N–H and O–H groups in total. The van der Waals surface area contributed by atoms with E-state index in [2.05, 4.69) is 20.4 Å². The van der Waals surface area contributed by atoms with Gasteiger partial charge in [-0.3, -0.25) is 4.79 Å². The van der Waals surface area contributed by atoms with Crippen LogP contribution >= 0.6 is 0 Å². The van der Waals surface area contributed by atoms with Crippen molar-refractivity contribution in [3.63, 3.8) is 0 Å². The van der Waals surface area contributed by atoms with E-state index in [9.17, 15) is 10.1 Å². The number of rotatable bonds is 3. The molecular formula is C26H33N5O. The first kappa shape index (κ1) is 21.1. The fraction of sp³-hybridized carbons (Fsp3) is 0.577. The number of hydrogen-bond acceptors (Lipinski definition) is 4. The third-order valence-electron chi connectivity index (χ3n) is 7.62. The van der Waals surface area contributed by atoms with Crippen LogP contribution in [0, 0.1) is 17.2 Å². The first-order chi connectivity index (χ1) is 15.7. The van der Waals surface area contributed by atoms with Gasteiger partial charge in [0, 0.05) is 62.9 Å². The molecule has 1 atom stereocenters. The van der Waals surface area contributed by atoms with Crippen LogP contribution in [-0.2, 0) is 17.8 Å². The summed E-state index contributed by atoms with van der Waals surface area (Å²) in [4.78, 5) is 22.5. The number of carbonyl (C=O) groups is 1. The molecular weight excluding hydrogens is 398 g/mol. The highest BCUT2D eigenvalue weighted by atomic mass is 16.2. The summed E-state index contributed by atoms with van der Waals surface area (Å²) in [7, 11) is 0. The molecule has 32 heavy (non-hydrogen) atoms. The summed E-state index contributed by atoms with van der Waals surface area (Å²) in [5.41, 5.74) is 2.94. The number of hydrogen-bond donors (Lipinski definition) is 0. The molecule has 0 radical (unpaired) electrons. The van der Waals surface area contributed by atoms with E-state index in [1.807, 2.05) is 30.5 Å². The molecule has 0 spiro atoms. The minimum atomic E-state index is 0.0661. The highest BCUT2D eigenvalue weighted by molar-refractivity contribution is 5.79. The van der Waals surface area contributed by atoms with Gasteiger partial charge in [-0.1, -0.05) is 31.4 Å². The fourth-order valence-electron chi connectivity index (χ4n) is 5.87. The number of amides is 1. The summed E-state index contributed by atoms with van der Waals surface area (Å²) in [6, 6.07) is 10.1. The lowest BCUT2D eigenvalue weighted by Gasteiger charge is -2.31. The van der Waals surface area contributed by atoms with Crippen LogP contribution in [0.3, 0.4) is 0 Å². The maximum absolute atomic E-state index is 13.4. The molecule has 5 rings (SSSR count). The predicted octanol–water partition coefficient (Wildman–Crippen LogP) is 4.10. The number of nitrogens with zero attached hydrogens (tertiary/aromatic N) is 5. The van der Waals surface area contributed by atoms with E-state index in [1.54, 1.807) is 0 Å². The summed E-state index contributed by atoms with van der Waals surface area (Å²) in [5.74, 6) is 2.24. The standard InChI is InChI=1S/C26H33N5O/c27-18-22-9-4-5-10-24(22)29-12-6-13-30(16-15-29)26(32)21-11-14-31-23(17-21)19-28-25(31)20-7-2-1-3-8-20/h4-5,9-10,19-21H,1-3,6-8,11-17H2. The van der Waals surface area contributed by atoms with Gasteiger partial charge in [-0.25, -0.2) is 4.98 Å². The van der Waals surface area contributed by atoms with E-state index < -0.39 is 0 Å². The summed E-state index contributed by atoms with van der Waals surface area (Å²) < 4.78 is 2.42. The van der Waals surface area contributed by atoms with Crippen molar-refractivity contribution in [2.45, 2.75) is 63.8 Å². The number of nitriles is 1. The molecule has 6 nitrogen and oxygen atoms in total. The monoisotopic (exact) mass is 431 g/mol. The second kappa shape index (κ2) is 9.36. The van der Waals surface area contributed by atoms with Crippen molar-refractivity contribution in [1.29, 1.82) is 5.26 Å². The van der Waals surface area contributed by atoms with Crippen LogP contribution in [0.4, 0.5) is 5.69 Å². The van der Waals surface area contributed by atoms with Crippen molar-refractivity contribution in [2.75, 3.05) is 31.1 Å². The van der Waals surface area contributed by atoms with Crippen LogP contribution in [0.25, 0.3) is 0 Å². The zero-order valence-electron chi connectivity index (χ0n) is 18.9. The molecule has 1 saturated carbocycles. The Morgan fingerprint density at radius 3 is 2.66 bits per heavy atom. The lowest BCUT2D eigenvalue weighted by molar-refractivity contribution is -0.136. The summed E-state index contributed by atoms with van der Waals surface area (Å²) in [5, 5.41) is 9.45. The average molecular weight is 432 g/mol. The second-order valence-electron chi connectivity index (χ2n) is 9.58. The minimum Gasteiger partial charge on any atom is -0.369 e. The highest BCUT2D eigenvalue weighted by Crippen LogP contribution is 2.34. The molecule has 0 bridgehead atoms. The van der Waals surface area contributed by atoms with Crippen molar-refractivity contribution < 1.29 is 4.79 Å². The Morgan fingerprint density at radius 1 is 0.969 bits per heavy atom. The van der Waals surface area contributed by atoms with E-state index in [4.69, 9.17) is 4.98 Å². The first-order valence-corrected chi connectivity index (χ1v) is 12.3. The third kappa shape index (κ3) is 4.13. The van der Waals surface area contributed by atoms with Crippen molar-refractivity contribution in [3.8, 4) is 6.07 Å². The van der Waals surface area contributed by atoms with Crippen molar-refractivity contribution in [3.05, 3.63) is 47.5 Å². The van der Waals surface area contributed by atoms with E-state index in [0.29, 0.717) is 17.4 Å². The molecule has 1 aliphatic carbocycles. The van der Waals surface area contributed by atoms with E-state index in [0.717, 1.165) is 57.7 Å². The Labute approximate surface area is 190 Å². The highest BCUT2D eigenvalue weighted by Gasteiger charge is 2.32. The smallest absolute Gasteiger partial charge is 0.226 e. The van der Waals surface area contributed by atoms with Crippen LogP contribution in [0.2, 0.25) is 0 Å². The lowest BCUT2D eigenvalue weighted by Crippen LogP contribution is -2.41. The predicted molar refractivity (Wildman–Crippen MR) is 124 cm³/mol. The maximum Gasteiger partial charge on any atom is 0.226 e. The van der Waals surface area contributed by atoms with Crippen LogP contribution in [0.5, 0.6) is 0 Å². The normalized spacial score (nSPS) is 22.2. The van der Waals surface area contributed by atoms with Gasteiger partial charge in [0.1, 0.15) is 11.9 Å². The summed E-state index contributed by atoms with van der Waals surface area (Å²) in [6.07, 6.45) is 11.2. The Kier molecular flexibility index (Phi) is 6.16. The molecule has 2 fully saturated rings. The maximum atomic E-state index is 13.4. The molecule has 168 valence electrons. The van der Waals surface area contributed by atoms with E-state index in [-0.39, 0.29) is 5.92 Å². The Balaban J connectivity index is 1.23. The lowest BCUT2D eigenvalue weighted by atomic mass is 9.88. The van der Waals surface area contributed by atoms with Gasteiger partial charge in [0.2, 0.25) is 5.91 Å². The second-order valence-corrected chi connectivity index (χ2v) is 9.58. The topological polar surface area (TPSA) is 65.2 Å². The fourth-order valence-corrected chi connectivity index (χ4v) is 5.87. The van der Waals surface area contributed by atoms with E-state index in [1.165, 1.54) is 43.6 Å². The van der Waals surface area contributed by atoms with Crippen molar-refractivity contribution in [1.82, 2.24) is 14.5 Å². The minimum absolute atomic E-state index is 0.0661. The summed E-state index contributed by atoms with van der Waals surface area (Å²) in [6.45, 7) is 4.10. The van der Waals surface area contributed by atoms with Gasteiger partial charge in [-0.15, -0.1) is 0 Å². The van der Waals surface area contributed by atoms with Crippen LogP contribution in [0.15, 0.2) is 30.5 Å². The van der Waals surface area contributed by atoms with Crippen LogP contribution < -0.4 is 4.90 Å². The Morgan fingerprint density at radius 2 is 1.81 bits per heavy atom. The zero-order valence-corrected chi connectivity index (χ0v) is 18.9. The molecule has 3 heterocycles. The van der Waals surface area contributed by atoms with Gasteiger partial charge in [0.25, 0.3) is 0 Å². The van der Waals surface area contributed by atoms with Crippen LogP contribution in [-0.4, -0.2) is 46.5 Å². The molecule has 1 aromatic carbocycles. The molecule has 2 aliphatic heterocycles. The molecule has 2 aromatic rings. The van der Waals surface area contributed by atoms with Gasteiger partial charge in [-0.05, 0) is 37.8 Å². The van der Waals surface area contributed by atoms with Gasteiger partial charge in [-0.2, -0.15) is 5.26 Å². The molecule has 1 aromatic heterocycles. The largest absolute Gasteiger partial charge is 0.369 e. The Hall–Kier alpha value is -2.81. The Bertz CT molecular complexity index is 1000. The number of para-hydroxylation sites is 1. The first-order valence-electron chi connectivity index (χ1n) is 12.3. The quantitative estimate of drug-likeness (QED) is 0.734. The van der Waals surface area contributed by atoms with Gasteiger partial charge in [0.05, 0.1) is 11.3 Å². The average Bonchev–Trinajstić information content (AvgIpc) is 3.12. The number of carbonyl (C=O) groups excluding carboxylic acids is 1. The zero-order chi connectivity index (χ0) is 21.9. The molecule has 3 aliphatic rings. The van der Waals surface area contributed by atoms with E-state index >= 15 is 0 Å². The SMILES string of the molecule is N#Cc1ccccc1N1CCCN(C(=O)C2CCn3c(cnc3C3CCCCC3)C2)CC1. The van der Waals surface area contributed by atoms with Gasteiger partial charge >= 0.3 is 0 Å². The van der Waals surface area contributed by atoms with Gasteiger partial charge < -0.3 is 14.4 Å². The number of aromatic nitrogens is 2. The number of benzene rings is 1. The number of imidazole rings is 1. The number of anilines is 1. The molecule has 6 heteroatoms. The molecule has 1 saturated heterocycles. The van der Waals surface area contributed by atoms with Crippen LogP contribution in [0.1, 0.15) is 67.9 Å². The molecule has 1 unspecified atom stereocenters. The summed E-state index contributed by atoms with van der Waals surface area (Å²) >= 11 is 0. The van der Waals surface area contributed by atoms with Gasteiger partial charge in [0.15, 0.2) is 0 Å². The third-order valence-corrected chi connectivity index (χ3v) is 7.62. The van der Waals surface area contributed by atoms with Crippen molar-refractivity contribution in [2.24, 2.45) is 5.92 Å². The number of fused-ring (bicyclic) bond motifs is 1.